The highest BCUT2D eigenvalue weighted by Crippen LogP contribution is 2.23. The first kappa shape index (κ1) is 25.6. The van der Waals surface area contributed by atoms with E-state index in [2.05, 4.69) is 20.8 Å². The summed E-state index contributed by atoms with van der Waals surface area (Å²) in [7, 11) is 1.60. The third-order valence-electron chi connectivity index (χ3n) is 5.15. The highest BCUT2D eigenvalue weighted by Gasteiger charge is 2.20. The Hall–Kier alpha value is -3.04. The van der Waals surface area contributed by atoms with Gasteiger partial charge in [0.1, 0.15) is 5.75 Å². The van der Waals surface area contributed by atoms with Crippen LogP contribution in [0.3, 0.4) is 0 Å². The first-order valence-corrected chi connectivity index (χ1v) is 12.2. The van der Waals surface area contributed by atoms with Crippen LogP contribution in [0.25, 0.3) is 0 Å². The van der Waals surface area contributed by atoms with Crippen molar-refractivity contribution in [3.8, 4) is 5.75 Å². The van der Waals surface area contributed by atoms with E-state index in [1.165, 1.54) is 11.8 Å². The number of anilines is 1. The lowest BCUT2D eigenvalue weighted by atomic mass is 10.1. The predicted molar refractivity (Wildman–Crippen MR) is 134 cm³/mol. The molecule has 3 rings (SSSR count). The number of hydrogen-bond acceptors (Lipinski definition) is 6. The summed E-state index contributed by atoms with van der Waals surface area (Å²) in [4.78, 5) is 25.0. The minimum atomic E-state index is -0.335. The number of nitrogens with zero attached hydrogens (tertiary/aromatic N) is 3. The van der Waals surface area contributed by atoms with Crippen LogP contribution in [-0.2, 0) is 22.6 Å². The molecular weight excluding hydrogens is 474 g/mol. The van der Waals surface area contributed by atoms with Gasteiger partial charge in [-0.05, 0) is 62.2 Å². The summed E-state index contributed by atoms with van der Waals surface area (Å²) < 4.78 is 7.05. The summed E-state index contributed by atoms with van der Waals surface area (Å²) in [6.07, 6.45) is 0.250. The average Bonchev–Trinajstić information content (AvgIpc) is 3.23. The molecule has 10 heteroatoms. The average molecular weight is 502 g/mol. The molecule has 1 aromatic heterocycles. The summed E-state index contributed by atoms with van der Waals surface area (Å²) in [5, 5.41) is 15.6. The van der Waals surface area contributed by atoms with Crippen molar-refractivity contribution in [2.45, 2.75) is 44.9 Å². The number of ether oxygens (including phenoxy) is 1. The van der Waals surface area contributed by atoms with Gasteiger partial charge in [-0.15, -0.1) is 10.2 Å². The number of benzene rings is 2. The van der Waals surface area contributed by atoms with Crippen LogP contribution in [-0.4, -0.2) is 39.4 Å². The Bertz CT molecular complexity index is 1150. The Morgan fingerprint density at radius 3 is 2.53 bits per heavy atom. The van der Waals surface area contributed by atoms with E-state index in [1.54, 1.807) is 25.3 Å². The molecule has 0 fully saturated rings. The molecule has 1 unspecified atom stereocenters. The molecule has 8 nitrogen and oxygen atoms in total. The maximum atomic E-state index is 12.5. The summed E-state index contributed by atoms with van der Waals surface area (Å²) in [5.74, 6) is 1.30. The monoisotopic (exact) mass is 501 g/mol. The number of hydrogen-bond donors (Lipinski definition) is 2. The highest BCUT2D eigenvalue weighted by atomic mass is 35.5. The molecule has 0 aliphatic rings. The van der Waals surface area contributed by atoms with Gasteiger partial charge in [0.15, 0.2) is 11.0 Å². The zero-order valence-corrected chi connectivity index (χ0v) is 21.2. The number of amides is 2. The number of halogens is 1. The van der Waals surface area contributed by atoms with Crippen LogP contribution < -0.4 is 15.4 Å². The lowest BCUT2D eigenvalue weighted by Gasteiger charge is -2.15. The van der Waals surface area contributed by atoms with E-state index in [4.69, 9.17) is 16.3 Å². The van der Waals surface area contributed by atoms with Crippen molar-refractivity contribution in [1.82, 2.24) is 20.1 Å². The number of aryl methyl sites for hydroxylation is 1. The molecule has 0 saturated carbocycles. The second kappa shape index (κ2) is 11.9. The fourth-order valence-corrected chi connectivity index (χ4v) is 4.43. The van der Waals surface area contributed by atoms with Crippen molar-refractivity contribution in [1.29, 1.82) is 0 Å². The van der Waals surface area contributed by atoms with Gasteiger partial charge in [-0.2, -0.15) is 0 Å². The molecule has 2 amide bonds. The van der Waals surface area contributed by atoms with E-state index in [0.717, 1.165) is 22.6 Å². The van der Waals surface area contributed by atoms with E-state index < -0.39 is 0 Å². The molecule has 2 N–H and O–H groups in total. The normalized spacial score (nSPS) is 11.7. The van der Waals surface area contributed by atoms with Gasteiger partial charge in [-0.25, -0.2) is 0 Å². The fourth-order valence-electron chi connectivity index (χ4n) is 3.39. The van der Waals surface area contributed by atoms with Crippen molar-refractivity contribution < 1.29 is 14.3 Å². The molecule has 0 saturated heterocycles. The number of nitrogens with one attached hydrogen (secondary N) is 2. The zero-order valence-electron chi connectivity index (χ0n) is 19.6. The smallest absolute Gasteiger partial charge is 0.234 e. The Morgan fingerprint density at radius 1 is 1.15 bits per heavy atom. The molecule has 180 valence electrons. The van der Waals surface area contributed by atoms with Gasteiger partial charge >= 0.3 is 0 Å². The quantitative estimate of drug-likeness (QED) is 0.399. The van der Waals surface area contributed by atoms with Crippen LogP contribution in [0.5, 0.6) is 5.75 Å². The van der Waals surface area contributed by atoms with E-state index in [9.17, 15) is 9.59 Å². The number of carbonyl (C=O) groups is 2. The van der Waals surface area contributed by atoms with Gasteiger partial charge in [0.2, 0.25) is 11.8 Å². The highest BCUT2D eigenvalue weighted by molar-refractivity contribution is 7.99. The fraction of sp³-hybridized carbons (Fsp3) is 0.333. The molecule has 1 heterocycles. The number of methoxy groups -OCH3 is 1. The third-order valence-corrected chi connectivity index (χ3v) is 6.35. The first-order valence-electron chi connectivity index (χ1n) is 10.8. The minimum absolute atomic E-state index is 0.116. The van der Waals surface area contributed by atoms with E-state index in [0.29, 0.717) is 22.5 Å². The van der Waals surface area contributed by atoms with Gasteiger partial charge in [0.05, 0.1) is 25.3 Å². The maximum absolute atomic E-state index is 12.5. The maximum Gasteiger partial charge on any atom is 0.234 e. The van der Waals surface area contributed by atoms with Crippen LogP contribution in [0.4, 0.5) is 5.69 Å². The van der Waals surface area contributed by atoms with E-state index in [-0.39, 0.29) is 30.0 Å². The molecule has 2 aromatic carbocycles. The minimum Gasteiger partial charge on any atom is -0.497 e. The SMILES string of the molecule is CCn1c(SCC(=O)Nc2ccc(Cl)cc2C)nnc1C(C)NC(=O)Cc1ccc(OC)cc1. The Morgan fingerprint density at radius 2 is 1.88 bits per heavy atom. The van der Waals surface area contributed by atoms with Crippen LogP contribution in [0.2, 0.25) is 5.02 Å². The third kappa shape index (κ3) is 6.74. The Kier molecular flexibility index (Phi) is 8.95. The lowest BCUT2D eigenvalue weighted by molar-refractivity contribution is -0.121. The van der Waals surface area contributed by atoms with Crippen LogP contribution >= 0.6 is 23.4 Å². The largest absolute Gasteiger partial charge is 0.497 e. The first-order chi connectivity index (χ1) is 16.3. The van der Waals surface area contributed by atoms with Crippen molar-refractivity contribution >= 4 is 40.9 Å². The second-order valence-corrected chi connectivity index (χ2v) is 9.07. The van der Waals surface area contributed by atoms with Crippen molar-refractivity contribution in [2.75, 3.05) is 18.2 Å². The van der Waals surface area contributed by atoms with Crippen molar-refractivity contribution in [3.63, 3.8) is 0 Å². The molecule has 0 bridgehead atoms. The standard InChI is InChI=1S/C24H28ClN5O3S/c1-5-30-23(16(3)26-21(31)13-17-6-9-19(33-4)10-7-17)28-29-24(30)34-14-22(32)27-20-11-8-18(25)12-15(20)2/h6-12,16H,5,13-14H2,1-4H3,(H,26,31)(H,27,32). The van der Waals surface area contributed by atoms with Gasteiger partial charge in [0.25, 0.3) is 0 Å². The molecule has 1 atom stereocenters. The van der Waals surface area contributed by atoms with Crippen LogP contribution in [0.15, 0.2) is 47.6 Å². The number of thioether (sulfide) groups is 1. The molecule has 34 heavy (non-hydrogen) atoms. The van der Waals surface area contributed by atoms with Gasteiger partial charge in [-0.1, -0.05) is 35.5 Å². The molecular formula is C24H28ClN5O3S. The van der Waals surface area contributed by atoms with E-state index in [1.807, 2.05) is 49.6 Å². The van der Waals surface area contributed by atoms with Gasteiger partial charge in [0, 0.05) is 17.3 Å². The molecule has 0 radical (unpaired) electrons. The Balaban J connectivity index is 1.57. The van der Waals surface area contributed by atoms with Crippen molar-refractivity contribution in [3.05, 3.63) is 64.4 Å². The molecule has 0 spiro atoms. The number of carbonyl (C=O) groups excluding carboxylic acids is 2. The summed E-state index contributed by atoms with van der Waals surface area (Å²) in [5.41, 5.74) is 2.51. The number of rotatable bonds is 10. The van der Waals surface area contributed by atoms with Gasteiger partial charge in [-0.3, -0.25) is 9.59 Å². The van der Waals surface area contributed by atoms with Crippen LogP contribution in [0.1, 0.15) is 36.8 Å². The van der Waals surface area contributed by atoms with E-state index >= 15 is 0 Å². The molecule has 3 aromatic rings. The second-order valence-electron chi connectivity index (χ2n) is 7.70. The van der Waals surface area contributed by atoms with Gasteiger partial charge < -0.3 is 19.9 Å². The number of aromatic nitrogens is 3. The molecule has 0 aliphatic carbocycles. The summed E-state index contributed by atoms with van der Waals surface area (Å²) in [6, 6.07) is 12.4. The topological polar surface area (TPSA) is 98.1 Å². The van der Waals surface area contributed by atoms with Crippen molar-refractivity contribution in [2.24, 2.45) is 0 Å². The van der Waals surface area contributed by atoms with Crippen LogP contribution in [0, 0.1) is 6.92 Å². The summed E-state index contributed by atoms with van der Waals surface area (Å²) in [6.45, 7) is 6.34. The molecule has 0 aliphatic heterocycles. The Labute approximate surface area is 208 Å². The summed E-state index contributed by atoms with van der Waals surface area (Å²) >= 11 is 7.27. The lowest BCUT2D eigenvalue weighted by Crippen LogP contribution is -2.30. The zero-order chi connectivity index (χ0) is 24.7. The predicted octanol–water partition coefficient (Wildman–Crippen LogP) is 4.42.